The fourth-order valence-electron chi connectivity index (χ4n) is 1.88. The molecule has 18 heavy (non-hydrogen) atoms. The van der Waals surface area contributed by atoms with E-state index in [4.69, 9.17) is 0 Å². The van der Waals surface area contributed by atoms with Crippen LogP contribution in [0.4, 0.5) is 5.69 Å². The Hall–Kier alpha value is -2.20. The summed E-state index contributed by atoms with van der Waals surface area (Å²) in [6.07, 6.45) is -0.759. The molecule has 0 fully saturated rings. The second kappa shape index (κ2) is 4.98. The third-order valence-corrected chi connectivity index (χ3v) is 2.85. The van der Waals surface area contributed by atoms with E-state index in [0.29, 0.717) is 11.1 Å². The van der Waals surface area contributed by atoms with Gasteiger partial charge >= 0.3 is 0 Å². The minimum absolute atomic E-state index is 0.0685. The smallest absolute Gasteiger partial charge is 0.272 e. The number of hydrogen-bond donors (Lipinski definition) is 1. The molecule has 92 valence electrons. The van der Waals surface area contributed by atoms with E-state index in [9.17, 15) is 15.2 Å². The number of rotatable bonds is 3. The quantitative estimate of drug-likeness (QED) is 0.665. The Kier molecular flexibility index (Phi) is 3.39. The van der Waals surface area contributed by atoms with Crippen LogP contribution in [0.15, 0.2) is 48.5 Å². The van der Waals surface area contributed by atoms with Crippen molar-refractivity contribution in [1.29, 1.82) is 0 Å². The first-order valence-electron chi connectivity index (χ1n) is 5.57. The van der Waals surface area contributed by atoms with Crippen LogP contribution in [0.3, 0.4) is 0 Å². The Labute approximate surface area is 105 Å². The van der Waals surface area contributed by atoms with E-state index in [2.05, 4.69) is 0 Å². The maximum atomic E-state index is 10.7. The molecule has 2 aromatic rings. The number of hydrogen-bond acceptors (Lipinski definition) is 3. The number of aliphatic hydroxyl groups excluding tert-OH is 1. The van der Waals surface area contributed by atoms with Gasteiger partial charge in [0.2, 0.25) is 0 Å². The number of benzene rings is 2. The van der Waals surface area contributed by atoms with Crippen molar-refractivity contribution in [2.75, 3.05) is 0 Å². The minimum Gasteiger partial charge on any atom is -0.384 e. The summed E-state index contributed by atoms with van der Waals surface area (Å²) >= 11 is 0. The Morgan fingerprint density at radius 1 is 1.11 bits per heavy atom. The Bertz CT molecular complexity index is 567. The normalized spacial score (nSPS) is 12.1. The first-order chi connectivity index (χ1) is 8.59. The molecule has 1 N–H and O–H groups in total. The Morgan fingerprint density at radius 2 is 1.78 bits per heavy atom. The van der Waals surface area contributed by atoms with Gasteiger partial charge in [0.25, 0.3) is 5.69 Å². The van der Waals surface area contributed by atoms with Crippen molar-refractivity contribution in [1.82, 2.24) is 0 Å². The summed E-state index contributed by atoms with van der Waals surface area (Å²) in [6, 6.07) is 13.9. The zero-order valence-electron chi connectivity index (χ0n) is 9.91. The number of aliphatic hydroxyl groups is 1. The van der Waals surface area contributed by atoms with E-state index in [1.807, 2.05) is 30.3 Å². The van der Waals surface area contributed by atoms with Crippen LogP contribution in [0, 0.1) is 17.0 Å². The van der Waals surface area contributed by atoms with Gasteiger partial charge in [0.15, 0.2) is 0 Å². The molecule has 0 heterocycles. The summed E-state index contributed by atoms with van der Waals surface area (Å²) in [5.41, 5.74) is 2.04. The van der Waals surface area contributed by atoms with Gasteiger partial charge in [-0.25, -0.2) is 0 Å². The van der Waals surface area contributed by atoms with Crippen molar-refractivity contribution >= 4 is 5.69 Å². The molecule has 0 aromatic heterocycles. The highest BCUT2D eigenvalue weighted by Crippen LogP contribution is 2.26. The Morgan fingerprint density at radius 3 is 2.33 bits per heavy atom. The molecule has 0 saturated heterocycles. The average molecular weight is 243 g/mol. The van der Waals surface area contributed by atoms with Crippen LogP contribution < -0.4 is 0 Å². The molecule has 0 aliphatic heterocycles. The predicted octanol–water partition coefficient (Wildman–Crippen LogP) is 2.98. The van der Waals surface area contributed by atoms with Crippen molar-refractivity contribution in [3.63, 3.8) is 0 Å². The van der Waals surface area contributed by atoms with Crippen molar-refractivity contribution in [3.8, 4) is 0 Å². The van der Waals surface area contributed by atoms with E-state index >= 15 is 0 Å². The van der Waals surface area contributed by atoms with Gasteiger partial charge < -0.3 is 5.11 Å². The predicted molar refractivity (Wildman–Crippen MR) is 68.3 cm³/mol. The number of aryl methyl sites for hydroxylation is 1. The molecule has 2 rings (SSSR count). The SMILES string of the molecule is Cc1cc(C(O)c2ccccc2)ccc1[N+](=O)[O-]. The molecule has 1 atom stereocenters. The summed E-state index contributed by atoms with van der Waals surface area (Å²) in [6.45, 7) is 1.67. The lowest BCUT2D eigenvalue weighted by molar-refractivity contribution is -0.385. The molecule has 0 amide bonds. The van der Waals surface area contributed by atoms with E-state index in [0.717, 1.165) is 5.56 Å². The largest absolute Gasteiger partial charge is 0.384 e. The van der Waals surface area contributed by atoms with Gasteiger partial charge in [-0.05, 0) is 30.2 Å². The zero-order valence-corrected chi connectivity index (χ0v) is 9.91. The van der Waals surface area contributed by atoms with Gasteiger partial charge in [-0.15, -0.1) is 0 Å². The summed E-state index contributed by atoms with van der Waals surface area (Å²) in [4.78, 5) is 10.3. The summed E-state index contributed by atoms with van der Waals surface area (Å²) < 4.78 is 0. The average Bonchev–Trinajstić information content (AvgIpc) is 2.38. The molecule has 0 spiro atoms. The van der Waals surface area contributed by atoms with Crippen molar-refractivity contribution < 1.29 is 10.0 Å². The first kappa shape index (κ1) is 12.3. The molecule has 0 radical (unpaired) electrons. The first-order valence-corrected chi connectivity index (χ1v) is 5.57. The van der Waals surface area contributed by atoms with Crippen LogP contribution >= 0.6 is 0 Å². The highest BCUT2D eigenvalue weighted by molar-refractivity contribution is 5.44. The zero-order chi connectivity index (χ0) is 13.1. The third-order valence-electron chi connectivity index (χ3n) is 2.85. The molecule has 1 unspecified atom stereocenters. The van der Waals surface area contributed by atoms with E-state index in [1.54, 1.807) is 19.1 Å². The van der Waals surface area contributed by atoms with Crippen LogP contribution in [0.2, 0.25) is 0 Å². The van der Waals surface area contributed by atoms with Crippen LogP contribution in [-0.2, 0) is 0 Å². The second-order valence-corrected chi connectivity index (χ2v) is 4.12. The van der Waals surface area contributed by atoms with Crippen LogP contribution in [-0.4, -0.2) is 10.0 Å². The lowest BCUT2D eigenvalue weighted by atomic mass is 9.99. The minimum atomic E-state index is -0.759. The molecule has 2 aromatic carbocycles. The summed E-state index contributed by atoms with van der Waals surface area (Å²) in [7, 11) is 0. The number of nitro groups is 1. The third kappa shape index (κ3) is 2.38. The molecular weight excluding hydrogens is 230 g/mol. The molecule has 4 nitrogen and oxygen atoms in total. The van der Waals surface area contributed by atoms with Gasteiger partial charge in [0.05, 0.1) is 4.92 Å². The van der Waals surface area contributed by atoms with E-state index in [-0.39, 0.29) is 5.69 Å². The molecule has 0 bridgehead atoms. The standard InChI is InChI=1S/C14H13NO3/c1-10-9-12(7-8-13(10)15(17)18)14(16)11-5-3-2-4-6-11/h2-9,14,16H,1H3. The van der Waals surface area contributed by atoms with E-state index < -0.39 is 11.0 Å². The maximum absolute atomic E-state index is 10.7. The topological polar surface area (TPSA) is 63.4 Å². The second-order valence-electron chi connectivity index (χ2n) is 4.12. The monoisotopic (exact) mass is 243 g/mol. The van der Waals surface area contributed by atoms with Gasteiger partial charge in [-0.2, -0.15) is 0 Å². The van der Waals surface area contributed by atoms with Gasteiger partial charge in [0, 0.05) is 11.6 Å². The van der Waals surface area contributed by atoms with Gasteiger partial charge in [-0.1, -0.05) is 30.3 Å². The fourth-order valence-corrected chi connectivity index (χ4v) is 1.88. The van der Waals surface area contributed by atoms with Crippen molar-refractivity contribution in [2.24, 2.45) is 0 Å². The van der Waals surface area contributed by atoms with Crippen LogP contribution in [0.1, 0.15) is 22.8 Å². The fraction of sp³-hybridized carbons (Fsp3) is 0.143. The van der Waals surface area contributed by atoms with Crippen molar-refractivity contribution in [3.05, 3.63) is 75.3 Å². The van der Waals surface area contributed by atoms with Crippen LogP contribution in [0.5, 0.6) is 0 Å². The van der Waals surface area contributed by atoms with Crippen molar-refractivity contribution in [2.45, 2.75) is 13.0 Å². The lowest BCUT2D eigenvalue weighted by Gasteiger charge is -2.12. The summed E-state index contributed by atoms with van der Waals surface area (Å²) in [5.74, 6) is 0. The Balaban J connectivity index is 2.35. The lowest BCUT2D eigenvalue weighted by Crippen LogP contribution is -2.01. The molecule has 4 heteroatoms. The van der Waals surface area contributed by atoms with E-state index in [1.165, 1.54) is 6.07 Å². The molecular formula is C14H13NO3. The van der Waals surface area contributed by atoms with Crippen LogP contribution in [0.25, 0.3) is 0 Å². The van der Waals surface area contributed by atoms with Gasteiger partial charge in [-0.3, -0.25) is 10.1 Å². The van der Waals surface area contributed by atoms with Gasteiger partial charge in [0.1, 0.15) is 6.10 Å². The number of nitrogens with zero attached hydrogens (tertiary/aromatic N) is 1. The molecule has 0 aliphatic rings. The molecule has 0 aliphatic carbocycles. The number of nitro benzene ring substituents is 1. The highest BCUT2D eigenvalue weighted by atomic mass is 16.6. The highest BCUT2D eigenvalue weighted by Gasteiger charge is 2.15. The molecule has 0 saturated carbocycles. The summed E-state index contributed by atoms with van der Waals surface area (Å²) in [5, 5.41) is 20.9. The maximum Gasteiger partial charge on any atom is 0.272 e.